The summed E-state index contributed by atoms with van der Waals surface area (Å²) in [6, 6.07) is 4.13. The van der Waals surface area contributed by atoms with E-state index in [0.717, 1.165) is 11.6 Å². The van der Waals surface area contributed by atoms with Gasteiger partial charge in [0.05, 0.1) is 19.3 Å². The normalized spacial score (nSPS) is 25.3. The van der Waals surface area contributed by atoms with Gasteiger partial charge in [-0.1, -0.05) is 6.07 Å². The van der Waals surface area contributed by atoms with Gasteiger partial charge in [-0.25, -0.2) is 8.78 Å². The smallest absolute Gasteiger partial charge is 0.159 e. The fourth-order valence-corrected chi connectivity index (χ4v) is 2.08. The number of morpholine rings is 1. The summed E-state index contributed by atoms with van der Waals surface area (Å²) in [7, 11) is 0. The van der Waals surface area contributed by atoms with Gasteiger partial charge in [-0.05, 0) is 24.6 Å². The molecule has 5 heteroatoms. The number of rotatable bonds is 3. The van der Waals surface area contributed by atoms with Crippen LogP contribution in [0.4, 0.5) is 8.78 Å². The van der Waals surface area contributed by atoms with Gasteiger partial charge in [0.1, 0.15) is 0 Å². The molecule has 1 heterocycles. The fraction of sp³-hybridized carbons (Fsp3) is 0.538. The molecule has 18 heavy (non-hydrogen) atoms. The van der Waals surface area contributed by atoms with Crippen molar-refractivity contribution in [1.29, 1.82) is 0 Å². The fourth-order valence-electron chi connectivity index (χ4n) is 2.08. The van der Waals surface area contributed by atoms with Gasteiger partial charge < -0.3 is 9.84 Å². The first kappa shape index (κ1) is 13.4. The standard InChI is InChI=1S/C13H17F2NO2/c1-9-8-18-11(7-17)6-16(9)5-10-2-3-12(14)13(15)4-10/h2-4,9,11,17H,5-8H2,1H3. The second-order valence-corrected chi connectivity index (χ2v) is 4.66. The maximum atomic E-state index is 13.1. The van der Waals surface area contributed by atoms with Gasteiger partial charge in [-0.2, -0.15) is 0 Å². The summed E-state index contributed by atoms with van der Waals surface area (Å²) in [5.74, 6) is -1.66. The Balaban J connectivity index is 2.04. The molecule has 0 radical (unpaired) electrons. The van der Waals surface area contributed by atoms with Crippen molar-refractivity contribution in [2.24, 2.45) is 0 Å². The topological polar surface area (TPSA) is 32.7 Å². The van der Waals surface area contributed by atoms with Crippen LogP contribution in [0, 0.1) is 11.6 Å². The summed E-state index contributed by atoms with van der Waals surface area (Å²) in [5, 5.41) is 9.08. The number of aliphatic hydroxyl groups is 1. The highest BCUT2D eigenvalue weighted by molar-refractivity contribution is 5.17. The predicted molar refractivity (Wildman–Crippen MR) is 63.1 cm³/mol. The molecule has 0 bridgehead atoms. The molecular formula is C13H17F2NO2. The Labute approximate surface area is 105 Å². The summed E-state index contributed by atoms with van der Waals surface area (Å²) in [4.78, 5) is 2.09. The van der Waals surface area contributed by atoms with E-state index < -0.39 is 11.6 Å². The van der Waals surface area contributed by atoms with Gasteiger partial charge in [-0.15, -0.1) is 0 Å². The van der Waals surface area contributed by atoms with E-state index in [9.17, 15) is 8.78 Å². The van der Waals surface area contributed by atoms with Crippen molar-refractivity contribution >= 4 is 0 Å². The molecule has 1 aromatic rings. The lowest BCUT2D eigenvalue weighted by atomic mass is 10.1. The van der Waals surface area contributed by atoms with Crippen LogP contribution in [0.5, 0.6) is 0 Å². The first-order valence-electron chi connectivity index (χ1n) is 6.00. The molecule has 1 saturated heterocycles. The Morgan fingerprint density at radius 2 is 2.17 bits per heavy atom. The Bertz CT molecular complexity index is 414. The van der Waals surface area contributed by atoms with Crippen molar-refractivity contribution in [3.63, 3.8) is 0 Å². The summed E-state index contributed by atoms with van der Waals surface area (Å²) < 4.78 is 31.4. The summed E-state index contributed by atoms with van der Waals surface area (Å²) in [6.45, 7) is 3.64. The highest BCUT2D eigenvalue weighted by atomic mass is 19.2. The third-order valence-corrected chi connectivity index (χ3v) is 3.21. The SMILES string of the molecule is CC1COC(CO)CN1Cc1ccc(F)c(F)c1. The second kappa shape index (κ2) is 5.73. The minimum atomic E-state index is -0.831. The zero-order valence-electron chi connectivity index (χ0n) is 10.3. The molecule has 0 amide bonds. The molecule has 1 N–H and O–H groups in total. The molecule has 1 fully saturated rings. The molecule has 1 aromatic carbocycles. The van der Waals surface area contributed by atoms with Crippen molar-refractivity contribution in [1.82, 2.24) is 4.90 Å². The minimum absolute atomic E-state index is 0.0268. The van der Waals surface area contributed by atoms with E-state index >= 15 is 0 Å². The first-order chi connectivity index (χ1) is 8.60. The Hall–Kier alpha value is -1.04. The van der Waals surface area contributed by atoms with E-state index in [1.165, 1.54) is 6.07 Å². The number of hydrogen-bond donors (Lipinski definition) is 1. The number of benzene rings is 1. The molecule has 3 nitrogen and oxygen atoms in total. The molecule has 0 aliphatic carbocycles. The lowest BCUT2D eigenvalue weighted by Crippen LogP contribution is -2.48. The quantitative estimate of drug-likeness (QED) is 0.891. The summed E-state index contributed by atoms with van der Waals surface area (Å²) in [6.07, 6.45) is -0.202. The van der Waals surface area contributed by atoms with Crippen LogP contribution >= 0.6 is 0 Å². The third kappa shape index (κ3) is 3.04. The summed E-state index contributed by atoms with van der Waals surface area (Å²) in [5.41, 5.74) is 0.722. The molecule has 2 unspecified atom stereocenters. The van der Waals surface area contributed by atoms with Crippen LogP contribution in [0.1, 0.15) is 12.5 Å². The number of halogens is 2. The second-order valence-electron chi connectivity index (χ2n) is 4.66. The number of hydrogen-bond acceptors (Lipinski definition) is 3. The van der Waals surface area contributed by atoms with E-state index in [1.54, 1.807) is 6.07 Å². The van der Waals surface area contributed by atoms with E-state index in [1.807, 2.05) is 6.92 Å². The molecule has 0 aromatic heterocycles. The molecule has 1 aliphatic rings. The average Bonchev–Trinajstić information content (AvgIpc) is 2.36. The van der Waals surface area contributed by atoms with E-state index in [2.05, 4.69) is 4.90 Å². The number of nitrogens with zero attached hydrogens (tertiary/aromatic N) is 1. The van der Waals surface area contributed by atoms with Gasteiger partial charge in [0, 0.05) is 19.1 Å². The van der Waals surface area contributed by atoms with Gasteiger partial charge >= 0.3 is 0 Å². The van der Waals surface area contributed by atoms with Crippen LogP contribution in [0.25, 0.3) is 0 Å². The maximum Gasteiger partial charge on any atom is 0.159 e. The Kier molecular flexibility index (Phi) is 4.27. The largest absolute Gasteiger partial charge is 0.394 e. The van der Waals surface area contributed by atoms with Gasteiger partial charge in [-0.3, -0.25) is 4.90 Å². The van der Waals surface area contributed by atoms with Crippen LogP contribution in [0.15, 0.2) is 18.2 Å². The van der Waals surface area contributed by atoms with Crippen molar-refractivity contribution in [3.05, 3.63) is 35.4 Å². The van der Waals surface area contributed by atoms with Crippen LogP contribution in [-0.4, -0.2) is 41.9 Å². The zero-order valence-corrected chi connectivity index (χ0v) is 10.3. The molecular weight excluding hydrogens is 240 g/mol. The summed E-state index contributed by atoms with van der Waals surface area (Å²) >= 11 is 0. The van der Waals surface area contributed by atoms with Crippen LogP contribution in [-0.2, 0) is 11.3 Å². The molecule has 0 spiro atoms. The van der Waals surface area contributed by atoms with Gasteiger partial charge in [0.15, 0.2) is 11.6 Å². The van der Waals surface area contributed by atoms with Crippen molar-refractivity contribution in [2.75, 3.05) is 19.8 Å². The maximum absolute atomic E-state index is 13.1. The molecule has 1 aliphatic heterocycles. The third-order valence-electron chi connectivity index (χ3n) is 3.21. The highest BCUT2D eigenvalue weighted by Gasteiger charge is 2.25. The van der Waals surface area contributed by atoms with Crippen LogP contribution < -0.4 is 0 Å². The van der Waals surface area contributed by atoms with E-state index in [0.29, 0.717) is 19.7 Å². The minimum Gasteiger partial charge on any atom is -0.394 e. The number of aliphatic hydroxyl groups excluding tert-OH is 1. The molecule has 2 rings (SSSR count). The van der Waals surface area contributed by atoms with Gasteiger partial charge in [0.25, 0.3) is 0 Å². The lowest BCUT2D eigenvalue weighted by Gasteiger charge is -2.37. The predicted octanol–water partition coefficient (Wildman–Crippen LogP) is 1.55. The molecule has 2 atom stereocenters. The van der Waals surface area contributed by atoms with Crippen molar-refractivity contribution in [3.8, 4) is 0 Å². The number of ether oxygens (including phenoxy) is 1. The monoisotopic (exact) mass is 257 g/mol. The lowest BCUT2D eigenvalue weighted by molar-refractivity contribution is -0.0805. The average molecular weight is 257 g/mol. The zero-order chi connectivity index (χ0) is 13.1. The highest BCUT2D eigenvalue weighted by Crippen LogP contribution is 2.17. The van der Waals surface area contributed by atoms with Crippen molar-refractivity contribution in [2.45, 2.75) is 25.6 Å². The van der Waals surface area contributed by atoms with E-state index in [4.69, 9.17) is 9.84 Å². The van der Waals surface area contributed by atoms with Crippen LogP contribution in [0.3, 0.4) is 0 Å². The van der Waals surface area contributed by atoms with Gasteiger partial charge in [0.2, 0.25) is 0 Å². The van der Waals surface area contributed by atoms with E-state index in [-0.39, 0.29) is 18.8 Å². The van der Waals surface area contributed by atoms with Crippen molar-refractivity contribution < 1.29 is 18.6 Å². The Morgan fingerprint density at radius 3 is 2.83 bits per heavy atom. The first-order valence-corrected chi connectivity index (χ1v) is 6.00. The molecule has 100 valence electrons. The Morgan fingerprint density at radius 1 is 1.39 bits per heavy atom. The molecule has 0 saturated carbocycles. The van der Waals surface area contributed by atoms with Crippen LogP contribution in [0.2, 0.25) is 0 Å².